The van der Waals surface area contributed by atoms with Crippen molar-refractivity contribution in [1.82, 2.24) is 20.4 Å². The van der Waals surface area contributed by atoms with Crippen molar-refractivity contribution in [2.45, 2.75) is 52.6 Å². The molecule has 0 bridgehead atoms. The number of benzene rings is 1. The molecule has 1 aromatic heterocycles. The lowest BCUT2D eigenvalue weighted by Crippen LogP contribution is -2.54. The molecule has 0 aliphatic carbocycles. The minimum Gasteiger partial charge on any atom is -0.480 e. The highest BCUT2D eigenvalue weighted by atomic mass is 16.4. The van der Waals surface area contributed by atoms with Crippen molar-refractivity contribution in [3.05, 3.63) is 30.0 Å². The molecule has 1 heterocycles. The zero-order valence-electron chi connectivity index (χ0n) is 17.4. The number of nitriles is 1. The van der Waals surface area contributed by atoms with Crippen LogP contribution in [-0.4, -0.2) is 45.3 Å². The van der Waals surface area contributed by atoms with Gasteiger partial charge in [0.1, 0.15) is 12.6 Å². The molecule has 0 saturated carbocycles. The van der Waals surface area contributed by atoms with Crippen LogP contribution in [0.4, 0.5) is 0 Å². The number of carboxylic acid groups (broad SMARTS) is 1. The third-order valence-electron chi connectivity index (χ3n) is 4.60. The molecule has 1 unspecified atom stereocenters. The van der Waals surface area contributed by atoms with Crippen LogP contribution in [0, 0.1) is 16.7 Å². The van der Waals surface area contributed by atoms with Crippen LogP contribution in [0.2, 0.25) is 0 Å². The Kier molecular flexibility index (Phi) is 7.53. The molecule has 1 aromatic carbocycles. The summed E-state index contributed by atoms with van der Waals surface area (Å²) in [6.45, 7) is 5.39. The number of aromatic nitrogens is 2. The Hall–Kier alpha value is -3.41. The molecule has 3 N–H and O–H groups in total. The highest BCUT2D eigenvalue weighted by Gasteiger charge is 2.34. The Morgan fingerprint density at radius 1 is 1.23 bits per heavy atom. The second-order valence-corrected chi connectivity index (χ2v) is 8.09. The van der Waals surface area contributed by atoms with Gasteiger partial charge < -0.3 is 15.7 Å². The van der Waals surface area contributed by atoms with Crippen molar-refractivity contribution in [2.75, 3.05) is 6.54 Å². The van der Waals surface area contributed by atoms with E-state index in [-0.39, 0.29) is 5.69 Å². The monoisotopic (exact) mass is 413 g/mol. The van der Waals surface area contributed by atoms with Gasteiger partial charge in [0.15, 0.2) is 5.69 Å². The van der Waals surface area contributed by atoms with Crippen LogP contribution in [0.25, 0.3) is 10.9 Å². The molecule has 1 atom stereocenters. The zero-order valence-corrected chi connectivity index (χ0v) is 17.4. The van der Waals surface area contributed by atoms with E-state index in [1.807, 2.05) is 18.2 Å². The number of hydrogen-bond acceptors (Lipinski definition) is 5. The Bertz CT molecular complexity index is 968. The zero-order chi connectivity index (χ0) is 22.3. The first kappa shape index (κ1) is 22.9. The molecule has 0 saturated heterocycles. The maximum absolute atomic E-state index is 13.0. The minimum absolute atomic E-state index is 0.200. The number of nitrogens with one attached hydrogen (secondary N) is 2. The SMILES string of the molecule is CC(C)(C)C(NC(=O)c1nn(CCCCC#N)c2ccccc12)C(=O)NCC(=O)O. The number of nitrogens with zero attached hydrogens (tertiary/aromatic N) is 3. The van der Waals surface area contributed by atoms with Gasteiger partial charge in [0.05, 0.1) is 11.6 Å². The van der Waals surface area contributed by atoms with Crippen LogP contribution in [0.5, 0.6) is 0 Å². The number of carbonyl (C=O) groups excluding carboxylic acids is 2. The summed E-state index contributed by atoms with van der Waals surface area (Å²) >= 11 is 0. The summed E-state index contributed by atoms with van der Waals surface area (Å²) in [5.41, 5.74) is 0.349. The smallest absolute Gasteiger partial charge is 0.322 e. The summed E-state index contributed by atoms with van der Waals surface area (Å²) in [7, 11) is 0. The van der Waals surface area contributed by atoms with Gasteiger partial charge in [-0.2, -0.15) is 10.4 Å². The molecule has 0 aliphatic rings. The molecule has 0 fully saturated rings. The van der Waals surface area contributed by atoms with Gasteiger partial charge in [-0.1, -0.05) is 39.0 Å². The summed E-state index contributed by atoms with van der Waals surface area (Å²) in [5, 5.41) is 27.6. The second kappa shape index (κ2) is 9.87. The molecule has 9 nitrogen and oxygen atoms in total. The Labute approximate surface area is 175 Å². The van der Waals surface area contributed by atoms with Crippen LogP contribution in [0.3, 0.4) is 0 Å². The Morgan fingerprint density at radius 2 is 1.93 bits per heavy atom. The molecular formula is C21H27N5O4. The van der Waals surface area contributed by atoms with E-state index >= 15 is 0 Å². The van der Waals surface area contributed by atoms with Crippen LogP contribution in [0.15, 0.2) is 24.3 Å². The molecule has 2 rings (SSSR count). The molecule has 9 heteroatoms. The third kappa shape index (κ3) is 5.80. The fourth-order valence-corrected chi connectivity index (χ4v) is 3.07. The van der Waals surface area contributed by atoms with Gasteiger partial charge in [-0.25, -0.2) is 0 Å². The lowest BCUT2D eigenvalue weighted by atomic mass is 9.86. The number of fused-ring (bicyclic) bond motifs is 1. The predicted octanol–water partition coefficient (Wildman–Crippen LogP) is 2.08. The lowest BCUT2D eigenvalue weighted by Gasteiger charge is -2.30. The van der Waals surface area contributed by atoms with Crippen molar-refractivity contribution >= 4 is 28.7 Å². The Balaban J connectivity index is 2.26. The minimum atomic E-state index is -1.16. The maximum Gasteiger partial charge on any atom is 0.322 e. The summed E-state index contributed by atoms with van der Waals surface area (Å²) in [6, 6.07) is 8.49. The molecule has 2 amide bonds. The van der Waals surface area contributed by atoms with E-state index in [4.69, 9.17) is 10.4 Å². The van der Waals surface area contributed by atoms with Gasteiger partial charge in [-0.05, 0) is 24.3 Å². The number of amides is 2. The van der Waals surface area contributed by atoms with Crippen molar-refractivity contribution in [3.63, 3.8) is 0 Å². The third-order valence-corrected chi connectivity index (χ3v) is 4.60. The van der Waals surface area contributed by atoms with Gasteiger partial charge in [0.25, 0.3) is 5.91 Å². The van der Waals surface area contributed by atoms with Crippen molar-refractivity contribution in [1.29, 1.82) is 5.26 Å². The average molecular weight is 413 g/mol. The molecular weight excluding hydrogens is 386 g/mol. The molecule has 0 aliphatic heterocycles. The maximum atomic E-state index is 13.0. The van der Waals surface area contributed by atoms with Crippen LogP contribution in [0.1, 0.15) is 50.5 Å². The van der Waals surface area contributed by atoms with Crippen molar-refractivity contribution in [2.24, 2.45) is 5.41 Å². The van der Waals surface area contributed by atoms with Gasteiger partial charge in [-0.15, -0.1) is 0 Å². The fraction of sp³-hybridized carbons (Fsp3) is 0.476. The van der Waals surface area contributed by atoms with Gasteiger partial charge in [0.2, 0.25) is 5.91 Å². The van der Waals surface area contributed by atoms with E-state index in [1.165, 1.54) is 0 Å². The molecule has 2 aromatic rings. The van der Waals surface area contributed by atoms with Gasteiger partial charge >= 0.3 is 5.97 Å². The van der Waals surface area contributed by atoms with Gasteiger partial charge in [0, 0.05) is 18.4 Å². The van der Waals surface area contributed by atoms with E-state index in [0.29, 0.717) is 18.4 Å². The van der Waals surface area contributed by atoms with E-state index in [9.17, 15) is 14.4 Å². The number of carboxylic acids is 1. The van der Waals surface area contributed by atoms with Crippen molar-refractivity contribution in [3.8, 4) is 6.07 Å². The standard InChI is InChI=1S/C21H27N5O4/c1-21(2,3)18(20(30)23-13-16(27)28)24-19(29)17-14-9-5-6-10-15(14)26(25-17)12-8-4-7-11-22/h5-6,9-10,18H,4,7-8,12-13H2,1-3H3,(H,23,30)(H,24,29)(H,27,28). The van der Waals surface area contributed by atoms with Gasteiger partial charge in [-0.3, -0.25) is 19.1 Å². The van der Waals surface area contributed by atoms with E-state index < -0.39 is 35.8 Å². The van der Waals surface area contributed by atoms with E-state index in [2.05, 4.69) is 21.8 Å². The first-order valence-corrected chi connectivity index (χ1v) is 9.78. The van der Waals surface area contributed by atoms with Crippen molar-refractivity contribution < 1.29 is 19.5 Å². The number of aliphatic carboxylic acids is 1. The quantitative estimate of drug-likeness (QED) is 0.538. The normalized spacial score (nSPS) is 12.2. The molecule has 160 valence electrons. The topological polar surface area (TPSA) is 137 Å². The highest BCUT2D eigenvalue weighted by Crippen LogP contribution is 2.22. The van der Waals surface area contributed by atoms with Crippen LogP contribution in [-0.2, 0) is 16.1 Å². The first-order chi connectivity index (χ1) is 14.1. The predicted molar refractivity (Wildman–Crippen MR) is 111 cm³/mol. The van der Waals surface area contributed by atoms with Crippen LogP contribution < -0.4 is 10.6 Å². The average Bonchev–Trinajstić information content (AvgIpc) is 3.05. The number of unbranched alkanes of at least 4 members (excludes halogenated alkanes) is 2. The summed E-state index contributed by atoms with van der Waals surface area (Å²) in [6.07, 6.45) is 1.95. The number of para-hydroxylation sites is 1. The van der Waals surface area contributed by atoms with E-state index in [1.54, 1.807) is 31.5 Å². The molecule has 30 heavy (non-hydrogen) atoms. The summed E-state index contributed by atoms with van der Waals surface area (Å²) in [5.74, 6) is -2.24. The second-order valence-electron chi connectivity index (χ2n) is 8.09. The number of carbonyl (C=O) groups is 3. The number of rotatable bonds is 9. The van der Waals surface area contributed by atoms with Crippen LogP contribution >= 0.6 is 0 Å². The highest BCUT2D eigenvalue weighted by molar-refractivity contribution is 6.06. The largest absolute Gasteiger partial charge is 0.480 e. The number of aryl methyl sites for hydroxylation is 1. The van der Waals surface area contributed by atoms with E-state index in [0.717, 1.165) is 18.4 Å². The first-order valence-electron chi connectivity index (χ1n) is 9.78. The summed E-state index contributed by atoms with van der Waals surface area (Å²) < 4.78 is 1.73. The fourth-order valence-electron chi connectivity index (χ4n) is 3.07. The molecule has 0 radical (unpaired) electrons. The Morgan fingerprint density at radius 3 is 2.57 bits per heavy atom. The number of hydrogen-bond donors (Lipinski definition) is 3. The molecule has 0 spiro atoms. The summed E-state index contributed by atoms with van der Waals surface area (Å²) in [4.78, 5) is 36.3. The lowest BCUT2D eigenvalue weighted by molar-refractivity contribution is -0.138.